The fourth-order valence-corrected chi connectivity index (χ4v) is 5.14. The molecule has 4 heterocycles. The molecule has 0 radical (unpaired) electrons. The van der Waals surface area contributed by atoms with Gasteiger partial charge in [0.2, 0.25) is 5.82 Å². The Morgan fingerprint density at radius 1 is 1.24 bits per heavy atom. The lowest BCUT2D eigenvalue weighted by Crippen LogP contribution is -2.33. The van der Waals surface area contributed by atoms with Gasteiger partial charge >= 0.3 is 0 Å². The molecular formula is C20H26N6O2S. The van der Waals surface area contributed by atoms with Crippen LogP contribution < -0.4 is 5.32 Å². The molecule has 9 heteroatoms. The molecule has 2 aromatic rings. The number of aromatic nitrogens is 4. The molecular weight excluding hydrogens is 388 g/mol. The first-order valence-electron chi connectivity index (χ1n) is 10.4. The fourth-order valence-electron chi connectivity index (χ4n) is 4.55. The Balaban J connectivity index is 1.26. The third kappa shape index (κ3) is 3.68. The number of rotatable bonds is 4. The number of nitrogens with one attached hydrogen (secondary N) is 1. The Morgan fingerprint density at radius 3 is 2.83 bits per heavy atom. The second-order valence-electron chi connectivity index (χ2n) is 8.72. The van der Waals surface area contributed by atoms with Crippen molar-refractivity contribution in [2.45, 2.75) is 52.0 Å². The first-order chi connectivity index (χ1) is 14.0. The van der Waals surface area contributed by atoms with Crippen molar-refractivity contribution in [3.8, 4) is 0 Å². The standard InChI is InChI=1S/C20H26N6O2S/c1-13-22-15(11-29-13)19(28)25-8-6-20(12-25)5-4-16-23-24-17(26(16)9-7-20)18(27)21-10-14-2-3-14/h11,14H,2-10,12H2,1H3,(H,21,27). The van der Waals surface area contributed by atoms with Gasteiger partial charge in [0.05, 0.1) is 5.01 Å². The minimum absolute atomic E-state index is 0.0371. The quantitative estimate of drug-likeness (QED) is 0.827. The summed E-state index contributed by atoms with van der Waals surface area (Å²) in [6.07, 6.45) is 6.09. The van der Waals surface area contributed by atoms with Crippen LogP contribution in [-0.2, 0) is 13.0 Å². The monoisotopic (exact) mass is 414 g/mol. The van der Waals surface area contributed by atoms with Crippen molar-refractivity contribution < 1.29 is 9.59 Å². The number of thiazole rings is 1. The third-order valence-corrected chi connectivity index (χ3v) is 7.36. The second-order valence-corrected chi connectivity index (χ2v) is 9.79. The molecule has 1 unspecified atom stereocenters. The molecule has 3 aliphatic rings. The van der Waals surface area contributed by atoms with Crippen LogP contribution in [0.3, 0.4) is 0 Å². The molecule has 0 aromatic carbocycles. The Kier molecular flexibility index (Phi) is 4.64. The predicted molar refractivity (Wildman–Crippen MR) is 108 cm³/mol. The summed E-state index contributed by atoms with van der Waals surface area (Å²) >= 11 is 1.51. The van der Waals surface area contributed by atoms with Gasteiger partial charge in [-0.15, -0.1) is 21.5 Å². The van der Waals surface area contributed by atoms with Crippen LogP contribution >= 0.6 is 11.3 Å². The summed E-state index contributed by atoms with van der Waals surface area (Å²) in [7, 11) is 0. The average molecular weight is 415 g/mol. The molecule has 8 nitrogen and oxygen atoms in total. The highest BCUT2D eigenvalue weighted by molar-refractivity contribution is 7.09. The van der Waals surface area contributed by atoms with Gasteiger partial charge < -0.3 is 14.8 Å². The average Bonchev–Trinajstić information content (AvgIpc) is 3.14. The van der Waals surface area contributed by atoms with Crippen LogP contribution in [0.1, 0.15) is 64.0 Å². The van der Waals surface area contributed by atoms with Gasteiger partial charge in [0.15, 0.2) is 0 Å². The van der Waals surface area contributed by atoms with E-state index < -0.39 is 0 Å². The normalized spacial score (nSPS) is 23.8. The number of fused-ring (bicyclic) bond motifs is 1. The number of aryl methyl sites for hydroxylation is 2. The summed E-state index contributed by atoms with van der Waals surface area (Å²) in [6.45, 7) is 4.91. The zero-order valence-corrected chi connectivity index (χ0v) is 17.5. The third-order valence-electron chi connectivity index (χ3n) is 6.59. The minimum Gasteiger partial charge on any atom is -0.349 e. The molecule has 2 aromatic heterocycles. The van der Waals surface area contributed by atoms with E-state index in [0.29, 0.717) is 17.4 Å². The van der Waals surface area contributed by atoms with E-state index in [-0.39, 0.29) is 17.2 Å². The molecule has 1 saturated carbocycles. The number of likely N-dealkylation sites (tertiary alicyclic amines) is 1. The van der Waals surface area contributed by atoms with Crippen LogP contribution in [0.5, 0.6) is 0 Å². The zero-order chi connectivity index (χ0) is 20.0. The van der Waals surface area contributed by atoms with E-state index in [9.17, 15) is 9.59 Å². The topological polar surface area (TPSA) is 93.0 Å². The van der Waals surface area contributed by atoms with Gasteiger partial charge in [-0.05, 0) is 50.4 Å². The molecule has 2 amide bonds. The molecule has 1 aliphatic carbocycles. The highest BCUT2D eigenvalue weighted by Crippen LogP contribution is 2.41. The largest absolute Gasteiger partial charge is 0.349 e. The maximum absolute atomic E-state index is 12.8. The van der Waals surface area contributed by atoms with E-state index in [1.807, 2.05) is 21.8 Å². The van der Waals surface area contributed by atoms with Crippen molar-refractivity contribution in [1.29, 1.82) is 0 Å². The van der Waals surface area contributed by atoms with E-state index in [2.05, 4.69) is 20.5 Å². The zero-order valence-electron chi connectivity index (χ0n) is 16.7. The van der Waals surface area contributed by atoms with Crippen LogP contribution in [0.4, 0.5) is 0 Å². The van der Waals surface area contributed by atoms with E-state index in [4.69, 9.17) is 0 Å². The predicted octanol–water partition coefficient (Wildman–Crippen LogP) is 2.05. The number of amides is 2. The molecule has 2 aliphatic heterocycles. The lowest BCUT2D eigenvalue weighted by atomic mass is 9.80. The summed E-state index contributed by atoms with van der Waals surface area (Å²) in [5.74, 6) is 1.88. The number of carbonyl (C=O) groups excluding carboxylic acids is 2. The van der Waals surface area contributed by atoms with Crippen LogP contribution in [0.15, 0.2) is 5.38 Å². The van der Waals surface area contributed by atoms with Crippen LogP contribution in [-0.4, -0.2) is 56.1 Å². The first kappa shape index (κ1) is 18.7. The van der Waals surface area contributed by atoms with Crippen molar-refractivity contribution in [1.82, 2.24) is 30.0 Å². The van der Waals surface area contributed by atoms with Gasteiger partial charge in [-0.1, -0.05) is 0 Å². The van der Waals surface area contributed by atoms with E-state index in [1.54, 1.807) is 0 Å². The molecule has 1 saturated heterocycles. The van der Waals surface area contributed by atoms with Crippen molar-refractivity contribution >= 4 is 23.2 Å². The van der Waals surface area contributed by atoms with Crippen molar-refractivity contribution in [2.24, 2.45) is 11.3 Å². The molecule has 0 bridgehead atoms. The number of carbonyl (C=O) groups is 2. The first-order valence-corrected chi connectivity index (χ1v) is 11.3. The van der Waals surface area contributed by atoms with E-state index in [1.165, 1.54) is 24.2 Å². The molecule has 2 fully saturated rings. The number of hydrogen-bond acceptors (Lipinski definition) is 6. The minimum atomic E-state index is -0.117. The van der Waals surface area contributed by atoms with Crippen molar-refractivity contribution in [3.05, 3.63) is 27.7 Å². The van der Waals surface area contributed by atoms with Gasteiger partial charge in [-0.3, -0.25) is 9.59 Å². The van der Waals surface area contributed by atoms with Gasteiger partial charge in [-0.2, -0.15) is 0 Å². The van der Waals surface area contributed by atoms with Gasteiger partial charge in [0.1, 0.15) is 11.5 Å². The Morgan fingerprint density at radius 2 is 2.07 bits per heavy atom. The SMILES string of the molecule is Cc1nc(C(=O)N2CCC3(CCc4nnc(C(=O)NCC5CC5)n4CC3)C2)cs1. The second kappa shape index (κ2) is 7.19. The summed E-state index contributed by atoms with van der Waals surface area (Å²) in [5.41, 5.74) is 0.647. The summed E-state index contributed by atoms with van der Waals surface area (Å²) in [4.78, 5) is 31.7. The molecule has 29 heavy (non-hydrogen) atoms. The molecule has 1 atom stereocenters. The molecule has 1 spiro atoms. The highest BCUT2D eigenvalue weighted by Gasteiger charge is 2.42. The van der Waals surface area contributed by atoms with E-state index in [0.717, 1.165) is 62.7 Å². The number of hydrogen-bond donors (Lipinski definition) is 1. The van der Waals surface area contributed by atoms with Gasteiger partial charge in [0, 0.05) is 38.0 Å². The maximum atomic E-state index is 12.8. The molecule has 5 rings (SSSR count). The fraction of sp³-hybridized carbons (Fsp3) is 0.650. The molecule has 1 N–H and O–H groups in total. The van der Waals surface area contributed by atoms with Crippen LogP contribution in [0.25, 0.3) is 0 Å². The van der Waals surface area contributed by atoms with Crippen LogP contribution in [0.2, 0.25) is 0 Å². The highest BCUT2D eigenvalue weighted by atomic mass is 32.1. The summed E-state index contributed by atoms with van der Waals surface area (Å²) in [6, 6.07) is 0. The maximum Gasteiger partial charge on any atom is 0.289 e. The smallest absolute Gasteiger partial charge is 0.289 e. The van der Waals surface area contributed by atoms with Crippen molar-refractivity contribution in [3.63, 3.8) is 0 Å². The van der Waals surface area contributed by atoms with E-state index >= 15 is 0 Å². The summed E-state index contributed by atoms with van der Waals surface area (Å²) < 4.78 is 1.99. The summed E-state index contributed by atoms with van der Waals surface area (Å²) in [5, 5.41) is 14.2. The Bertz CT molecular complexity index is 949. The number of nitrogens with zero attached hydrogens (tertiary/aromatic N) is 5. The molecule has 154 valence electrons. The van der Waals surface area contributed by atoms with Crippen molar-refractivity contribution in [2.75, 3.05) is 19.6 Å². The lowest BCUT2D eigenvalue weighted by molar-refractivity contribution is 0.0762. The van der Waals surface area contributed by atoms with Crippen LogP contribution in [0, 0.1) is 18.3 Å². The van der Waals surface area contributed by atoms with Gasteiger partial charge in [-0.25, -0.2) is 4.98 Å². The Labute approximate surface area is 173 Å². The Hall–Kier alpha value is -2.29. The van der Waals surface area contributed by atoms with Gasteiger partial charge in [0.25, 0.3) is 11.8 Å². The lowest BCUT2D eigenvalue weighted by Gasteiger charge is -2.27.